The third-order valence-electron chi connectivity index (χ3n) is 6.25. The molecule has 1 aliphatic heterocycles. The Balaban J connectivity index is 1.57. The monoisotopic (exact) mass is 465 g/mol. The fraction of sp³-hybridized carbons (Fsp3) is 0.440. The number of aromatic nitrogens is 3. The number of allylic oxidation sites excluding steroid dienone is 2. The van der Waals surface area contributed by atoms with Crippen LogP contribution < -0.4 is 20.9 Å². The molecule has 1 atom stereocenters. The Labute approximate surface area is 199 Å². The SMILES string of the molecule is C=C(/C=C(\NC)C(C)C)Nc1nc(N2CCCC2C(=O)Nc2ccc(F)nc2)nc2c1CCC2. The van der Waals surface area contributed by atoms with E-state index in [4.69, 9.17) is 9.97 Å². The van der Waals surface area contributed by atoms with Crippen LogP contribution in [0.15, 0.2) is 42.4 Å². The maximum atomic E-state index is 13.1. The molecule has 1 amide bonds. The maximum absolute atomic E-state index is 13.1. The van der Waals surface area contributed by atoms with Gasteiger partial charge in [0.25, 0.3) is 0 Å². The number of nitrogens with one attached hydrogen (secondary N) is 3. The Hall–Kier alpha value is -3.49. The summed E-state index contributed by atoms with van der Waals surface area (Å²) in [5.74, 6) is 0.890. The summed E-state index contributed by atoms with van der Waals surface area (Å²) in [7, 11) is 1.90. The molecule has 9 heteroatoms. The molecule has 3 N–H and O–H groups in total. The van der Waals surface area contributed by atoms with Crippen molar-refractivity contribution in [2.24, 2.45) is 5.92 Å². The van der Waals surface area contributed by atoms with Gasteiger partial charge in [0.15, 0.2) is 0 Å². The third-order valence-corrected chi connectivity index (χ3v) is 6.25. The Kier molecular flexibility index (Phi) is 7.09. The Morgan fingerprint density at radius 2 is 2.06 bits per heavy atom. The van der Waals surface area contributed by atoms with Crippen LogP contribution in [-0.2, 0) is 17.6 Å². The lowest BCUT2D eigenvalue weighted by Gasteiger charge is -2.25. The molecule has 34 heavy (non-hydrogen) atoms. The zero-order valence-electron chi connectivity index (χ0n) is 20.0. The van der Waals surface area contributed by atoms with Crippen molar-refractivity contribution < 1.29 is 9.18 Å². The molecule has 1 fully saturated rings. The molecule has 0 spiro atoms. The van der Waals surface area contributed by atoms with Crippen molar-refractivity contribution in [3.63, 3.8) is 0 Å². The second-order valence-corrected chi connectivity index (χ2v) is 9.02. The first-order valence-electron chi connectivity index (χ1n) is 11.8. The molecular formula is C25H32FN7O. The second kappa shape index (κ2) is 10.2. The molecule has 0 saturated carbocycles. The molecule has 2 aromatic rings. The fourth-order valence-electron chi connectivity index (χ4n) is 4.51. The highest BCUT2D eigenvalue weighted by Gasteiger charge is 2.34. The molecule has 1 aliphatic carbocycles. The minimum absolute atomic E-state index is 0.174. The quantitative estimate of drug-likeness (QED) is 0.403. The van der Waals surface area contributed by atoms with Gasteiger partial charge in [-0.2, -0.15) is 9.37 Å². The molecule has 8 nitrogen and oxygen atoms in total. The summed E-state index contributed by atoms with van der Waals surface area (Å²) < 4.78 is 13.1. The minimum Gasteiger partial charge on any atom is -0.391 e. The van der Waals surface area contributed by atoms with Crippen LogP contribution in [-0.4, -0.2) is 40.5 Å². The summed E-state index contributed by atoms with van der Waals surface area (Å²) >= 11 is 0. The van der Waals surface area contributed by atoms with E-state index in [1.54, 1.807) is 0 Å². The number of hydrogen-bond acceptors (Lipinski definition) is 7. The van der Waals surface area contributed by atoms with Gasteiger partial charge >= 0.3 is 0 Å². The average molecular weight is 466 g/mol. The number of hydrogen-bond donors (Lipinski definition) is 3. The van der Waals surface area contributed by atoms with Crippen LogP contribution in [0.3, 0.4) is 0 Å². The van der Waals surface area contributed by atoms with Crippen LogP contribution in [0.25, 0.3) is 0 Å². The Morgan fingerprint density at radius 3 is 2.76 bits per heavy atom. The first-order valence-corrected chi connectivity index (χ1v) is 11.8. The second-order valence-electron chi connectivity index (χ2n) is 9.02. The molecule has 180 valence electrons. The molecule has 1 unspecified atom stereocenters. The molecule has 1 saturated heterocycles. The van der Waals surface area contributed by atoms with E-state index in [1.165, 1.54) is 18.3 Å². The Bertz CT molecular complexity index is 1100. The van der Waals surface area contributed by atoms with Gasteiger partial charge in [0.1, 0.15) is 11.9 Å². The predicted octanol–water partition coefficient (Wildman–Crippen LogP) is 3.79. The van der Waals surface area contributed by atoms with Crippen LogP contribution in [0, 0.1) is 11.9 Å². The number of fused-ring (bicyclic) bond motifs is 1. The maximum Gasteiger partial charge on any atom is 0.247 e. The van der Waals surface area contributed by atoms with E-state index in [1.807, 2.05) is 18.0 Å². The normalized spacial score (nSPS) is 17.6. The van der Waals surface area contributed by atoms with Gasteiger partial charge < -0.3 is 20.9 Å². The van der Waals surface area contributed by atoms with Crippen LogP contribution in [0.5, 0.6) is 0 Å². The van der Waals surface area contributed by atoms with Crippen LogP contribution >= 0.6 is 0 Å². The van der Waals surface area contributed by atoms with E-state index in [9.17, 15) is 9.18 Å². The lowest BCUT2D eigenvalue weighted by Crippen LogP contribution is -2.40. The number of carbonyl (C=O) groups excluding carboxylic acids is 1. The van der Waals surface area contributed by atoms with E-state index >= 15 is 0 Å². The highest BCUT2D eigenvalue weighted by atomic mass is 19.1. The number of rotatable bonds is 8. The standard InChI is InChI=1S/C25H32FN7O/c1-15(2)20(27-4)13-16(3)29-23-18-7-5-8-19(18)31-25(32-23)33-12-6-9-21(33)24(34)30-17-10-11-22(26)28-14-17/h10-11,13-15,21,27H,3,5-9,12H2,1-2,4H3,(H,30,34)(H,29,31,32)/b20-13-. The van der Waals surface area contributed by atoms with Gasteiger partial charge in [0.2, 0.25) is 17.8 Å². The Morgan fingerprint density at radius 1 is 1.24 bits per heavy atom. The van der Waals surface area contributed by atoms with Crippen molar-refractivity contribution in [2.75, 3.05) is 29.1 Å². The number of halogens is 1. The molecule has 0 radical (unpaired) electrons. The number of nitrogens with zero attached hydrogens (tertiary/aromatic N) is 4. The van der Waals surface area contributed by atoms with Gasteiger partial charge in [0.05, 0.1) is 17.6 Å². The van der Waals surface area contributed by atoms with Crippen molar-refractivity contribution >= 4 is 23.4 Å². The zero-order chi connectivity index (χ0) is 24.2. The fourth-order valence-corrected chi connectivity index (χ4v) is 4.51. The van der Waals surface area contributed by atoms with Crippen LogP contribution in [0.2, 0.25) is 0 Å². The number of amides is 1. The van der Waals surface area contributed by atoms with E-state index in [-0.39, 0.29) is 5.91 Å². The number of aryl methyl sites for hydroxylation is 1. The summed E-state index contributed by atoms with van der Waals surface area (Å²) in [6.07, 6.45) is 7.70. The largest absolute Gasteiger partial charge is 0.391 e. The predicted molar refractivity (Wildman–Crippen MR) is 132 cm³/mol. The highest BCUT2D eigenvalue weighted by Crippen LogP contribution is 2.32. The summed E-state index contributed by atoms with van der Waals surface area (Å²) in [6, 6.07) is 2.32. The zero-order valence-corrected chi connectivity index (χ0v) is 20.0. The van der Waals surface area contributed by atoms with E-state index in [2.05, 4.69) is 41.4 Å². The van der Waals surface area contributed by atoms with Gasteiger partial charge in [-0.25, -0.2) is 9.97 Å². The lowest BCUT2D eigenvalue weighted by molar-refractivity contribution is -0.117. The molecule has 2 aromatic heterocycles. The van der Waals surface area contributed by atoms with Gasteiger partial charge in [-0.1, -0.05) is 20.4 Å². The van der Waals surface area contributed by atoms with Crippen molar-refractivity contribution in [3.05, 3.63) is 59.6 Å². The van der Waals surface area contributed by atoms with E-state index < -0.39 is 12.0 Å². The smallest absolute Gasteiger partial charge is 0.247 e. The topological polar surface area (TPSA) is 95.1 Å². The average Bonchev–Trinajstić information content (AvgIpc) is 3.48. The molecule has 0 aromatic carbocycles. The molecule has 4 rings (SSSR count). The summed E-state index contributed by atoms with van der Waals surface area (Å²) in [4.78, 5) is 28.3. The third kappa shape index (κ3) is 5.18. The highest BCUT2D eigenvalue weighted by molar-refractivity contribution is 5.96. The van der Waals surface area contributed by atoms with Crippen molar-refractivity contribution in [2.45, 2.75) is 52.0 Å². The molecular weight excluding hydrogens is 433 g/mol. The molecule has 3 heterocycles. The minimum atomic E-state index is -0.585. The number of carbonyl (C=O) groups is 1. The van der Waals surface area contributed by atoms with E-state index in [0.717, 1.165) is 54.2 Å². The van der Waals surface area contributed by atoms with Crippen LogP contribution in [0.4, 0.5) is 21.8 Å². The summed E-state index contributed by atoms with van der Waals surface area (Å²) in [5, 5.41) is 9.44. The number of pyridine rings is 1. The van der Waals surface area contributed by atoms with Gasteiger partial charge in [0, 0.05) is 30.5 Å². The van der Waals surface area contributed by atoms with Gasteiger partial charge in [-0.15, -0.1) is 0 Å². The van der Waals surface area contributed by atoms with Gasteiger partial charge in [-0.05, 0) is 56.2 Å². The van der Waals surface area contributed by atoms with Crippen molar-refractivity contribution in [1.82, 2.24) is 20.3 Å². The van der Waals surface area contributed by atoms with Crippen molar-refractivity contribution in [3.8, 4) is 0 Å². The molecule has 0 bridgehead atoms. The first-order chi connectivity index (χ1) is 16.4. The van der Waals surface area contributed by atoms with E-state index in [0.29, 0.717) is 30.5 Å². The summed E-state index contributed by atoms with van der Waals surface area (Å²) in [6.45, 7) is 9.10. The lowest BCUT2D eigenvalue weighted by atomic mass is 10.1. The first kappa shape index (κ1) is 23.7. The van der Waals surface area contributed by atoms with Crippen molar-refractivity contribution in [1.29, 1.82) is 0 Å². The summed E-state index contributed by atoms with van der Waals surface area (Å²) in [5.41, 5.74) is 4.43. The van der Waals surface area contributed by atoms with Crippen LogP contribution in [0.1, 0.15) is 44.4 Å². The van der Waals surface area contributed by atoms with Gasteiger partial charge in [-0.3, -0.25) is 4.79 Å². The molecule has 2 aliphatic rings. The number of anilines is 3.